The summed E-state index contributed by atoms with van der Waals surface area (Å²) in [5.41, 5.74) is 2.79. The van der Waals surface area contributed by atoms with E-state index in [1.165, 1.54) is 6.08 Å². The van der Waals surface area contributed by atoms with Gasteiger partial charge in [0.25, 0.3) is 0 Å². The van der Waals surface area contributed by atoms with E-state index in [1.807, 2.05) is 57.1 Å². The van der Waals surface area contributed by atoms with E-state index in [0.717, 1.165) is 16.7 Å². The summed E-state index contributed by atoms with van der Waals surface area (Å²) in [6, 6.07) is 7.87. The number of hydrogen-bond acceptors (Lipinski definition) is 7. The maximum atomic E-state index is 12.5. The molecule has 0 saturated carbocycles. The van der Waals surface area contributed by atoms with Gasteiger partial charge in [0.2, 0.25) is 23.6 Å². The summed E-state index contributed by atoms with van der Waals surface area (Å²) >= 11 is 0. The van der Waals surface area contributed by atoms with Crippen LogP contribution in [0.3, 0.4) is 0 Å². The third-order valence-electron chi connectivity index (χ3n) is 4.27. The maximum Gasteiger partial charge on any atom is 0.247 e. The Kier molecular flexibility index (Phi) is 6.33. The first kappa shape index (κ1) is 20.2. The number of aromatic nitrogens is 4. The van der Waals surface area contributed by atoms with Gasteiger partial charge < -0.3 is 14.3 Å². The van der Waals surface area contributed by atoms with Gasteiger partial charge in [0.15, 0.2) is 0 Å². The van der Waals surface area contributed by atoms with Crippen LogP contribution in [0.15, 0.2) is 47.3 Å². The Morgan fingerprint density at radius 1 is 1.14 bits per heavy atom. The van der Waals surface area contributed by atoms with Crippen LogP contribution in [-0.4, -0.2) is 51.6 Å². The Morgan fingerprint density at radius 2 is 1.83 bits per heavy atom. The predicted octanol–water partition coefficient (Wildman–Crippen LogP) is 2.96. The van der Waals surface area contributed by atoms with Crippen LogP contribution in [0.25, 0.3) is 17.5 Å². The van der Waals surface area contributed by atoms with E-state index >= 15 is 0 Å². The van der Waals surface area contributed by atoms with E-state index in [0.29, 0.717) is 24.2 Å². The highest BCUT2D eigenvalue weighted by atomic mass is 16.5. The van der Waals surface area contributed by atoms with Crippen molar-refractivity contribution in [2.24, 2.45) is 0 Å². The van der Waals surface area contributed by atoms with Crippen molar-refractivity contribution in [2.45, 2.75) is 20.4 Å². The van der Waals surface area contributed by atoms with Gasteiger partial charge in [-0.3, -0.25) is 4.79 Å². The highest BCUT2D eigenvalue weighted by Crippen LogP contribution is 2.17. The lowest BCUT2D eigenvalue weighted by Gasteiger charge is -2.16. The molecule has 0 N–H and O–H groups in total. The van der Waals surface area contributed by atoms with Gasteiger partial charge in [-0.2, -0.15) is 4.98 Å². The number of rotatable bonds is 7. The highest BCUT2D eigenvalue weighted by Gasteiger charge is 2.15. The molecule has 0 aliphatic carbocycles. The van der Waals surface area contributed by atoms with Crippen LogP contribution in [0.2, 0.25) is 0 Å². The minimum Gasteiger partial charge on any atom is -0.347 e. The molecule has 0 aliphatic rings. The van der Waals surface area contributed by atoms with E-state index in [1.54, 1.807) is 23.4 Å². The topological polar surface area (TPSA) is 88.2 Å². The lowest BCUT2D eigenvalue weighted by Crippen LogP contribution is -2.28. The lowest BCUT2D eigenvalue weighted by molar-refractivity contribution is -0.126. The molecule has 0 atom stereocenters. The van der Waals surface area contributed by atoms with Crippen molar-refractivity contribution >= 4 is 17.9 Å². The number of amides is 1. The van der Waals surface area contributed by atoms with E-state index < -0.39 is 0 Å². The van der Waals surface area contributed by atoms with Crippen LogP contribution in [-0.2, 0) is 11.3 Å². The van der Waals surface area contributed by atoms with Crippen molar-refractivity contribution in [3.8, 4) is 11.4 Å². The number of hydrogen-bond donors (Lipinski definition) is 0. The molecule has 0 saturated heterocycles. The third-order valence-corrected chi connectivity index (χ3v) is 4.27. The molecule has 150 valence electrons. The van der Waals surface area contributed by atoms with Crippen molar-refractivity contribution in [3.63, 3.8) is 0 Å². The molecule has 0 bridgehead atoms. The Labute approximate surface area is 169 Å². The lowest BCUT2D eigenvalue weighted by atomic mass is 10.1. The smallest absolute Gasteiger partial charge is 0.247 e. The summed E-state index contributed by atoms with van der Waals surface area (Å²) < 4.78 is 5.33. The van der Waals surface area contributed by atoms with Gasteiger partial charge in [-0.15, -0.1) is 0 Å². The summed E-state index contributed by atoms with van der Waals surface area (Å²) in [6.45, 7) is 4.68. The van der Waals surface area contributed by atoms with Crippen LogP contribution in [0.1, 0.15) is 23.9 Å². The summed E-state index contributed by atoms with van der Waals surface area (Å²) in [5, 5.41) is 4.02. The maximum absolute atomic E-state index is 12.5. The fraction of sp³-hybridized carbons (Fsp3) is 0.286. The molecular weight excluding hydrogens is 368 g/mol. The minimum atomic E-state index is -0.153. The fourth-order valence-electron chi connectivity index (χ4n) is 2.57. The van der Waals surface area contributed by atoms with Crippen LogP contribution in [0, 0.1) is 6.92 Å². The zero-order valence-electron chi connectivity index (χ0n) is 17.0. The fourth-order valence-corrected chi connectivity index (χ4v) is 2.57. The van der Waals surface area contributed by atoms with Crippen LogP contribution < -0.4 is 4.90 Å². The first-order valence-corrected chi connectivity index (χ1v) is 9.32. The predicted molar refractivity (Wildman–Crippen MR) is 111 cm³/mol. The van der Waals surface area contributed by atoms with Crippen molar-refractivity contribution in [1.29, 1.82) is 0 Å². The number of aryl methyl sites for hydroxylation is 1. The molecule has 0 radical (unpaired) electrons. The number of likely N-dealkylation sites (N-methyl/N-ethyl adjacent to an activating group) is 1. The van der Waals surface area contributed by atoms with Crippen LogP contribution in [0.4, 0.5) is 5.95 Å². The van der Waals surface area contributed by atoms with Gasteiger partial charge in [-0.05, 0) is 19.9 Å². The van der Waals surface area contributed by atoms with Crippen molar-refractivity contribution in [1.82, 2.24) is 25.0 Å². The number of carbonyl (C=O) groups excluding carboxylic acids is 1. The van der Waals surface area contributed by atoms with Crippen LogP contribution >= 0.6 is 0 Å². The molecule has 2 heterocycles. The molecule has 0 unspecified atom stereocenters. The van der Waals surface area contributed by atoms with Gasteiger partial charge in [-0.25, -0.2) is 9.97 Å². The van der Waals surface area contributed by atoms with Gasteiger partial charge in [0, 0.05) is 50.2 Å². The second-order valence-electron chi connectivity index (χ2n) is 6.77. The standard InChI is InChI=1S/C21H24N6O2/c1-5-27(19(28)11-8-16-12-22-21(23-13-16)26(3)4)14-18-24-20(25-29-18)17-9-6-15(2)7-10-17/h6-13H,5,14H2,1-4H3. The van der Waals surface area contributed by atoms with Gasteiger partial charge in [0.05, 0.1) is 0 Å². The molecule has 0 fully saturated rings. The highest BCUT2D eigenvalue weighted by molar-refractivity contribution is 5.91. The molecule has 2 aromatic heterocycles. The van der Waals surface area contributed by atoms with E-state index in [2.05, 4.69) is 20.1 Å². The number of benzene rings is 1. The quantitative estimate of drug-likeness (QED) is 0.571. The molecule has 3 aromatic rings. The average Bonchev–Trinajstić information content (AvgIpc) is 3.19. The van der Waals surface area contributed by atoms with Crippen molar-refractivity contribution < 1.29 is 9.32 Å². The Balaban J connectivity index is 1.65. The Morgan fingerprint density at radius 3 is 2.45 bits per heavy atom. The van der Waals surface area contributed by atoms with Gasteiger partial charge >= 0.3 is 0 Å². The molecule has 8 heteroatoms. The molecule has 0 aliphatic heterocycles. The van der Waals surface area contributed by atoms with E-state index in [9.17, 15) is 4.79 Å². The number of nitrogens with zero attached hydrogens (tertiary/aromatic N) is 6. The molecule has 8 nitrogen and oxygen atoms in total. The number of carbonyl (C=O) groups is 1. The van der Waals surface area contributed by atoms with Crippen molar-refractivity contribution in [2.75, 3.05) is 25.5 Å². The third kappa shape index (κ3) is 5.25. The largest absolute Gasteiger partial charge is 0.347 e. The molecule has 3 rings (SSSR count). The van der Waals surface area contributed by atoms with Gasteiger partial charge in [-0.1, -0.05) is 35.0 Å². The summed E-state index contributed by atoms with van der Waals surface area (Å²) in [5.74, 6) is 1.36. The molecule has 0 spiro atoms. The zero-order valence-corrected chi connectivity index (χ0v) is 17.0. The van der Waals surface area contributed by atoms with E-state index in [-0.39, 0.29) is 12.5 Å². The van der Waals surface area contributed by atoms with Crippen LogP contribution in [0.5, 0.6) is 0 Å². The second-order valence-corrected chi connectivity index (χ2v) is 6.77. The molecular formula is C21H24N6O2. The normalized spacial score (nSPS) is 11.0. The zero-order chi connectivity index (χ0) is 20.8. The second kappa shape index (κ2) is 9.09. The van der Waals surface area contributed by atoms with Crippen molar-refractivity contribution in [3.05, 3.63) is 59.8 Å². The summed E-state index contributed by atoms with van der Waals surface area (Å²) in [7, 11) is 3.74. The number of anilines is 1. The first-order chi connectivity index (χ1) is 14.0. The Hall–Kier alpha value is -3.55. The summed E-state index contributed by atoms with van der Waals surface area (Å²) in [6.07, 6.45) is 6.53. The van der Waals surface area contributed by atoms with E-state index in [4.69, 9.17) is 4.52 Å². The molecule has 29 heavy (non-hydrogen) atoms. The summed E-state index contributed by atoms with van der Waals surface area (Å²) in [4.78, 5) is 28.8. The first-order valence-electron chi connectivity index (χ1n) is 9.32. The molecule has 1 amide bonds. The Bertz CT molecular complexity index is 977. The SMILES string of the molecule is CCN(Cc1nc(-c2ccc(C)cc2)no1)C(=O)C=Cc1cnc(N(C)C)nc1. The van der Waals surface area contributed by atoms with Gasteiger partial charge in [0.1, 0.15) is 6.54 Å². The average molecular weight is 392 g/mol. The molecule has 1 aromatic carbocycles. The minimum absolute atomic E-state index is 0.153. The monoisotopic (exact) mass is 392 g/mol.